The molecule has 0 unspecified atom stereocenters. The van der Waals surface area contributed by atoms with E-state index in [2.05, 4.69) is 0 Å². The summed E-state index contributed by atoms with van der Waals surface area (Å²) in [6, 6.07) is 14.7. The molecule has 0 aliphatic rings. The molecule has 9 heteroatoms. The predicted molar refractivity (Wildman–Crippen MR) is 86.6 cm³/mol. The highest BCUT2D eigenvalue weighted by molar-refractivity contribution is 7.90. The summed E-state index contributed by atoms with van der Waals surface area (Å²) >= 11 is 0. The number of aliphatic carboxylic acids is 1. The normalized spacial score (nSPS) is 11.4. The molecule has 0 aliphatic heterocycles. The summed E-state index contributed by atoms with van der Waals surface area (Å²) in [6.07, 6.45) is -3.87. The van der Waals surface area contributed by atoms with Gasteiger partial charge in [0.15, 0.2) is 9.84 Å². The van der Waals surface area contributed by atoms with Crippen molar-refractivity contribution >= 4 is 15.8 Å². The van der Waals surface area contributed by atoms with Gasteiger partial charge in [0.25, 0.3) is 0 Å². The van der Waals surface area contributed by atoms with Gasteiger partial charge in [-0.15, -0.1) is 0 Å². The van der Waals surface area contributed by atoms with Crippen molar-refractivity contribution in [1.29, 1.82) is 0 Å². The maximum absolute atomic E-state index is 11.5. The van der Waals surface area contributed by atoms with Gasteiger partial charge in [0.05, 0.1) is 4.90 Å². The molecule has 0 amide bonds. The molecule has 2 aromatic carbocycles. The Hall–Kier alpha value is -2.39. The van der Waals surface area contributed by atoms with Crippen LogP contribution in [0.1, 0.15) is 5.56 Å². The molecule has 0 fully saturated rings. The van der Waals surface area contributed by atoms with E-state index in [4.69, 9.17) is 15.6 Å². The summed E-state index contributed by atoms with van der Waals surface area (Å²) in [5.41, 5.74) is 8.47. The van der Waals surface area contributed by atoms with Crippen LogP contribution >= 0.6 is 0 Å². The summed E-state index contributed by atoms with van der Waals surface area (Å²) in [7, 11) is -3.17. The topological polar surface area (TPSA) is 97.5 Å². The number of halogens is 3. The Bertz CT molecular complexity index is 831. The van der Waals surface area contributed by atoms with Gasteiger partial charge in [-0.05, 0) is 28.8 Å². The number of hydrogen-bond donors (Lipinski definition) is 2. The lowest BCUT2D eigenvalue weighted by atomic mass is 10.0. The van der Waals surface area contributed by atoms with Gasteiger partial charge in [0.1, 0.15) is 0 Å². The third-order valence-electron chi connectivity index (χ3n) is 3.03. The maximum Gasteiger partial charge on any atom is 0.490 e. The van der Waals surface area contributed by atoms with E-state index < -0.39 is 22.0 Å². The van der Waals surface area contributed by atoms with Gasteiger partial charge in [-0.2, -0.15) is 13.2 Å². The lowest BCUT2D eigenvalue weighted by molar-refractivity contribution is -0.192. The zero-order valence-electron chi connectivity index (χ0n) is 13.1. The highest BCUT2D eigenvalue weighted by Gasteiger charge is 2.38. The van der Waals surface area contributed by atoms with Gasteiger partial charge < -0.3 is 10.8 Å². The average molecular weight is 375 g/mol. The van der Waals surface area contributed by atoms with Crippen LogP contribution in [0.15, 0.2) is 53.4 Å². The highest BCUT2D eigenvalue weighted by atomic mass is 32.2. The maximum atomic E-state index is 11.5. The van der Waals surface area contributed by atoms with Crippen LogP contribution in [0.4, 0.5) is 13.2 Å². The zero-order chi connectivity index (χ0) is 19.3. The minimum absolute atomic E-state index is 0.336. The Morgan fingerprint density at radius 2 is 1.60 bits per heavy atom. The Labute approximate surface area is 142 Å². The molecule has 0 saturated heterocycles. The fourth-order valence-corrected chi connectivity index (χ4v) is 2.41. The molecule has 0 bridgehead atoms. The molecular formula is C16H16F3NO4S. The fraction of sp³-hybridized carbons (Fsp3) is 0.188. The van der Waals surface area contributed by atoms with Crippen molar-refractivity contribution in [2.75, 3.05) is 6.26 Å². The summed E-state index contributed by atoms with van der Waals surface area (Å²) in [6.45, 7) is 0.504. The number of rotatable bonds is 3. The molecule has 3 N–H and O–H groups in total. The van der Waals surface area contributed by atoms with Crippen LogP contribution in [0.5, 0.6) is 0 Å². The van der Waals surface area contributed by atoms with Gasteiger partial charge >= 0.3 is 12.1 Å². The monoisotopic (exact) mass is 375 g/mol. The van der Waals surface area contributed by atoms with Gasteiger partial charge in [-0.1, -0.05) is 36.4 Å². The Kier molecular flexibility index (Phi) is 6.71. The van der Waals surface area contributed by atoms with Crippen molar-refractivity contribution in [3.63, 3.8) is 0 Å². The molecule has 25 heavy (non-hydrogen) atoms. The molecule has 2 rings (SSSR count). The van der Waals surface area contributed by atoms with E-state index in [1.54, 1.807) is 18.2 Å². The van der Waals surface area contributed by atoms with E-state index in [1.807, 2.05) is 30.3 Å². The fourth-order valence-electron chi connectivity index (χ4n) is 1.74. The molecule has 2 aromatic rings. The van der Waals surface area contributed by atoms with Crippen molar-refractivity contribution in [2.24, 2.45) is 5.73 Å². The zero-order valence-corrected chi connectivity index (χ0v) is 13.9. The summed E-state index contributed by atoms with van der Waals surface area (Å²) in [5, 5.41) is 7.12. The van der Waals surface area contributed by atoms with E-state index in [9.17, 15) is 21.6 Å². The average Bonchev–Trinajstić information content (AvgIpc) is 2.54. The molecule has 0 radical (unpaired) electrons. The van der Waals surface area contributed by atoms with Gasteiger partial charge in [-0.3, -0.25) is 0 Å². The summed E-state index contributed by atoms with van der Waals surface area (Å²) in [5.74, 6) is -2.76. The number of carboxylic acid groups (broad SMARTS) is 1. The van der Waals surface area contributed by atoms with Crippen LogP contribution in [-0.2, 0) is 21.2 Å². The number of alkyl halides is 3. The van der Waals surface area contributed by atoms with Crippen LogP contribution in [0, 0.1) is 0 Å². The minimum atomic E-state index is -5.08. The number of sulfone groups is 1. The number of carboxylic acids is 1. The highest BCUT2D eigenvalue weighted by Crippen LogP contribution is 2.22. The SMILES string of the molecule is CS(=O)(=O)c1cccc(-c2ccc(CN)cc2)c1.O=C(O)C(F)(F)F. The lowest BCUT2D eigenvalue weighted by Gasteiger charge is -2.05. The first-order valence-electron chi connectivity index (χ1n) is 6.84. The molecule has 0 aliphatic carbocycles. The van der Waals surface area contributed by atoms with E-state index in [0.29, 0.717) is 11.4 Å². The standard InChI is InChI=1S/C14H15NO2S.C2HF3O2/c1-18(16,17)14-4-2-3-13(9-14)12-7-5-11(10-15)6-8-12;3-2(4,5)1(6)7/h2-9H,10,15H2,1H3;(H,6,7). The quantitative estimate of drug-likeness (QED) is 0.860. The number of hydrogen-bond acceptors (Lipinski definition) is 4. The molecule has 0 aromatic heterocycles. The first-order chi connectivity index (χ1) is 11.4. The number of carbonyl (C=O) groups is 1. The van der Waals surface area contributed by atoms with Crippen molar-refractivity contribution in [1.82, 2.24) is 0 Å². The third kappa shape index (κ3) is 6.55. The van der Waals surface area contributed by atoms with E-state index in [-0.39, 0.29) is 0 Å². The van der Waals surface area contributed by atoms with Crippen molar-refractivity contribution < 1.29 is 31.5 Å². The number of nitrogens with two attached hydrogens (primary N) is 1. The van der Waals surface area contributed by atoms with Crippen LogP contribution in [-0.4, -0.2) is 31.9 Å². The lowest BCUT2D eigenvalue weighted by Crippen LogP contribution is -2.21. The van der Waals surface area contributed by atoms with Gasteiger partial charge in [0, 0.05) is 12.8 Å². The van der Waals surface area contributed by atoms with Crippen LogP contribution < -0.4 is 5.73 Å². The first-order valence-corrected chi connectivity index (χ1v) is 8.74. The predicted octanol–water partition coefficient (Wildman–Crippen LogP) is 2.85. The van der Waals surface area contributed by atoms with E-state index in [0.717, 1.165) is 16.7 Å². The van der Waals surface area contributed by atoms with Gasteiger partial charge in [0.2, 0.25) is 0 Å². The molecule has 136 valence electrons. The molecule has 0 spiro atoms. The summed E-state index contributed by atoms with van der Waals surface area (Å²) in [4.78, 5) is 9.23. The van der Waals surface area contributed by atoms with E-state index >= 15 is 0 Å². The Morgan fingerprint density at radius 3 is 2.00 bits per heavy atom. The second kappa shape index (κ2) is 8.13. The third-order valence-corrected chi connectivity index (χ3v) is 4.14. The minimum Gasteiger partial charge on any atom is -0.475 e. The van der Waals surface area contributed by atoms with Gasteiger partial charge in [-0.25, -0.2) is 13.2 Å². The van der Waals surface area contributed by atoms with Crippen LogP contribution in [0.3, 0.4) is 0 Å². The van der Waals surface area contributed by atoms with Crippen molar-refractivity contribution in [2.45, 2.75) is 17.6 Å². The summed E-state index contributed by atoms with van der Waals surface area (Å²) < 4.78 is 54.7. The van der Waals surface area contributed by atoms with Crippen LogP contribution in [0.2, 0.25) is 0 Å². The molecular weight excluding hydrogens is 359 g/mol. The Balaban J connectivity index is 0.000000381. The number of benzene rings is 2. The van der Waals surface area contributed by atoms with Crippen molar-refractivity contribution in [3.8, 4) is 11.1 Å². The van der Waals surface area contributed by atoms with Crippen molar-refractivity contribution in [3.05, 3.63) is 54.1 Å². The molecule has 0 heterocycles. The van der Waals surface area contributed by atoms with E-state index in [1.165, 1.54) is 6.26 Å². The molecule has 5 nitrogen and oxygen atoms in total. The molecule has 0 atom stereocenters. The molecule has 0 saturated carbocycles. The second-order valence-electron chi connectivity index (χ2n) is 5.00. The second-order valence-corrected chi connectivity index (χ2v) is 7.02. The smallest absolute Gasteiger partial charge is 0.475 e. The largest absolute Gasteiger partial charge is 0.490 e. The first kappa shape index (κ1) is 20.7. The Morgan fingerprint density at radius 1 is 1.08 bits per heavy atom. The van der Waals surface area contributed by atoms with Crippen LogP contribution in [0.25, 0.3) is 11.1 Å².